The van der Waals surface area contributed by atoms with Gasteiger partial charge < -0.3 is 5.11 Å². The summed E-state index contributed by atoms with van der Waals surface area (Å²) in [6, 6.07) is 5.59. The molecule has 1 heterocycles. The van der Waals surface area contributed by atoms with Crippen LogP contribution >= 0.6 is 0 Å². The van der Waals surface area contributed by atoms with Crippen molar-refractivity contribution in [2.75, 3.05) is 19.6 Å². The number of Topliss-reactive ketones (excluding diaryl/α,β-unsaturated/α-hetero) is 1. The molecule has 2 atom stereocenters. The van der Waals surface area contributed by atoms with Gasteiger partial charge in [0.1, 0.15) is 5.82 Å². The minimum Gasteiger partial charge on any atom is -0.392 e. The predicted molar refractivity (Wildman–Crippen MR) is 67.0 cm³/mol. The van der Waals surface area contributed by atoms with Crippen LogP contribution < -0.4 is 0 Å². The first-order valence-corrected chi connectivity index (χ1v) is 6.25. The van der Waals surface area contributed by atoms with E-state index in [-0.39, 0.29) is 24.2 Å². The van der Waals surface area contributed by atoms with Crippen LogP contribution in [0.25, 0.3) is 0 Å². The molecule has 1 aliphatic heterocycles. The number of carbonyl (C=O) groups is 1. The van der Waals surface area contributed by atoms with Crippen molar-refractivity contribution in [3.8, 4) is 0 Å². The van der Waals surface area contributed by atoms with E-state index in [1.54, 1.807) is 0 Å². The lowest BCUT2D eigenvalue weighted by molar-refractivity contribution is 0.0295. The molecule has 0 aromatic heterocycles. The standard InChI is InChI=1S/C14H18FNO2/c1-10-6-7-16(8-13(10)17)9-14(18)11-2-4-12(15)5-3-11/h2-5,10,13,17H,6-9H2,1H3. The smallest absolute Gasteiger partial charge is 0.176 e. The molecule has 0 aliphatic carbocycles. The first-order valence-electron chi connectivity index (χ1n) is 6.25. The number of hydrogen-bond donors (Lipinski definition) is 1. The maximum Gasteiger partial charge on any atom is 0.176 e. The van der Waals surface area contributed by atoms with Gasteiger partial charge in [0.15, 0.2) is 5.78 Å². The number of hydrogen-bond acceptors (Lipinski definition) is 3. The SMILES string of the molecule is CC1CCN(CC(=O)c2ccc(F)cc2)CC1O. The molecule has 1 aliphatic rings. The lowest BCUT2D eigenvalue weighted by atomic mass is 9.95. The second-order valence-corrected chi connectivity index (χ2v) is 5.00. The normalized spacial score (nSPS) is 25.1. The number of rotatable bonds is 3. The van der Waals surface area contributed by atoms with Gasteiger partial charge in [-0.3, -0.25) is 9.69 Å². The van der Waals surface area contributed by atoms with E-state index < -0.39 is 0 Å². The molecule has 0 saturated carbocycles. The zero-order valence-electron chi connectivity index (χ0n) is 10.5. The van der Waals surface area contributed by atoms with Gasteiger partial charge in [0.05, 0.1) is 12.6 Å². The fraction of sp³-hybridized carbons (Fsp3) is 0.500. The Morgan fingerprint density at radius 1 is 1.44 bits per heavy atom. The van der Waals surface area contributed by atoms with Gasteiger partial charge in [-0.25, -0.2) is 4.39 Å². The molecular weight excluding hydrogens is 233 g/mol. The Bertz CT molecular complexity index is 418. The molecule has 2 unspecified atom stereocenters. The van der Waals surface area contributed by atoms with Gasteiger partial charge in [0.2, 0.25) is 0 Å². The summed E-state index contributed by atoms with van der Waals surface area (Å²) in [6.45, 7) is 3.67. The number of piperidine rings is 1. The molecule has 1 aromatic carbocycles. The van der Waals surface area contributed by atoms with Gasteiger partial charge in [0.25, 0.3) is 0 Å². The quantitative estimate of drug-likeness (QED) is 0.831. The molecule has 1 N–H and O–H groups in total. The highest BCUT2D eigenvalue weighted by molar-refractivity contribution is 5.97. The average Bonchev–Trinajstić information content (AvgIpc) is 2.34. The monoisotopic (exact) mass is 251 g/mol. The average molecular weight is 251 g/mol. The molecule has 4 heteroatoms. The molecule has 0 amide bonds. The van der Waals surface area contributed by atoms with Crippen LogP contribution in [-0.2, 0) is 0 Å². The second-order valence-electron chi connectivity index (χ2n) is 5.00. The molecule has 0 spiro atoms. The lowest BCUT2D eigenvalue weighted by Gasteiger charge is -2.33. The summed E-state index contributed by atoms with van der Waals surface area (Å²) >= 11 is 0. The maximum absolute atomic E-state index is 12.7. The van der Waals surface area contributed by atoms with Crippen LogP contribution in [0.2, 0.25) is 0 Å². The fourth-order valence-electron chi connectivity index (χ4n) is 2.19. The second kappa shape index (κ2) is 5.59. The Balaban J connectivity index is 1.93. The van der Waals surface area contributed by atoms with E-state index in [9.17, 15) is 14.3 Å². The zero-order valence-corrected chi connectivity index (χ0v) is 10.5. The van der Waals surface area contributed by atoms with Gasteiger partial charge >= 0.3 is 0 Å². The maximum atomic E-state index is 12.7. The van der Waals surface area contributed by atoms with E-state index in [1.807, 2.05) is 11.8 Å². The lowest BCUT2D eigenvalue weighted by Crippen LogP contribution is -2.44. The number of aliphatic hydroxyl groups excluding tert-OH is 1. The van der Waals surface area contributed by atoms with Crippen LogP contribution in [0, 0.1) is 11.7 Å². The molecule has 98 valence electrons. The van der Waals surface area contributed by atoms with Crippen molar-refractivity contribution in [2.24, 2.45) is 5.92 Å². The topological polar surface area (TPSA) is 40.5 Å². The van der Waals surface area contributed by atoms with Crippen LogP contribution in [0.15, 0.2) is 24.3 Å². The summed E-state index contributed by atoms with van der Waals surface area (Å²) in [5.41, 5.74) is 0.518. The zero-order chi connectivity index (χ0) is 13.1. The van der Waals surface area contributed by atoms with Gasteiger partial charge in [-0.05, 0) is 43.1 Å². The van der Waals surface area contributed by atoms with E-state index in [4.69, 9.17) is 0 Å². The van der Waals surface area contributed by atoms with E-state index in [1.165, 1.54) is 24.3 Å². The van der Waals surface area contributed by atoms with Crippen LogP contribution in [0.4, 0.5) is 4.39 Å². The third kappa shape index (κ3) is 3.15. The molecule has 3 nitrogen and oxygen atoms in total. The third-order valence-corrected chi connectivity index (χ3v) is 3.54. The minimum absolute atomic E-state index is 0.0308. The molecule has 2 rings (SSSR count). The van der Waals surface area contributed by atoms with Gasteiger partial charge in [-0.15, -0.1) is 0 Å². The summed E-state index contributed by atoms with van der Waals surface area (Å²) in [7, 11) is 0. The van der Waals surface area contributed by atoms with Crippen molar-refractivity contribution in [3.63, 3.8) is 0 Å². The predicted octanol–water partition coefficient (Wildman–Crippen LogP) is 1.71. The highest BCUT2D eigenvalue weighted by Crippen LogP contribution is 2.17. The Hall–Kier alpha value is -1.26. The summed E-state index contributed by atoms with van der Waals surface area (Å²) in [5.74, 6) is -0.0762. The summed E-state index contributed by atoms with van der Waals surface area (Å²) < 4.78 is 12.7. The molecule has 1 aromatic rings. The largest absolute Gasteiger partial charge is 0.392 e. The van der Waals surface area contributed by atoms with Crippen molar-refractivity contribution in [3.05, 3.63) is 35.6 Å². The van der Waals surface area contributed by atoms with E-state index in [0.717, 1.165) is 13.0 Å². The summed E-state index contributed by atoms with van der Waals surface area (Å²) in [4.78, 5) is 13.9. The van der Waals surface area contributed by atoms with Gasteiger partial charge in [0, 0.05) is 12.1 Å². The third-order valence-electron chi connectivity index (χ3n) is 3.54. The first kappa shape index (κ1) is 13.2. The number of nitrogens with zero attached hydrogens (tertiary/aromatic N) is 1. The Labute approximate surface area is 106 Å². The number of benzene rings is 1. The van der Waals surface area contributed by atoms with E-state index in [0.29, 0.717) is 18.0 Å². The number of ketones is 1. The van der Waals surface area contributed by atoms with Crippen molar-refractivity contribution in [1.29, 1.82) is 0 Å². The minimum atomic E-state index is -0.361. The summed E-state index contributed by atoms with van der Waals surface area (Å²) in [5, 5.41) is 9.77. The highest BCUT2D eigenvalue weighted by atomic mass is 19.1. The first-order chi connectivity index (χ1) is 8.56. The van der Waals surface area contributed by atoms with Crippen molar-refractivity contribution >= 4 is 5.78 Å². The van der Waals surface area contributed by atoms with Gasteiger partial charge in [-0.1, -0.05) is 6.92 Å². The number of β-amino-alcohol motifs (C(OH)–C–C–N with tert-alkyl or cyclic N) is 1. The number of carbonyl (C=O) groups excluding carboxylic acids is 1. The summed E-state index contributed by atoms with van der Waals surface area (Å²) in [6.07, 6.45) is 0.539. The number of likely N-dealkylation sites (tertiary alicyclic amines) is 1. The Kier molecular flexibility index (Phi) is 4.09. The number of aliphatic hydroxyl groups is 1. The molecular formula is C14H18FNO2. The van der Waals surface area contributed by atoms with E-state index in [2.05, 4.69) is 0 Å². The van der Waals surface area contributed by atoms with E-state index >= 15 is 0 Å². The van der Waals surface area contributed by atoms with Crippen LogP contribution in [0.1, 0.15) is 23.7 Å². The van der Waals surface area contributed by atoms with Crippen molar-refractivity contribution in [2.45, 2.75) is 19.4 Å². The Morgan fingerprint density at radius 2 is 2.11 bits per heavy atom. The van der Waals surface area contributed by atoms with Crippen molar-refractivity contribution < 1.29 is 14.3 Å². The van der Waals surface area contributed by atoms with Crippen LogP contribution in [-0.4, -0.2) is 41.5 Å². The fourth-order valence-corrected chi connectivity index (χ4v) is 2.19. The van der Waals surface area contributed by atoms with Crippen LogP contribution in [0.5, 0.6) is 0 Å². The Morgan fingerprint density at radius 3 is 2.72 bits per heavy atom. The van der Waals surface area contributed by atoms with Gasteiger partial charge in [-0.2, -0.15) is 0 Å². The molecule has 0 bridgehead atoms. The van der Waals surface area contributed by atoms with Crippen LogP contribution in [0.3, 0.4) is 0 Å². The molecule has 18 heavy (non-hydrogen) atoms. The van der Waals surface area contributed by atoms with Crippen molar-refractivity contribution in [1.82, 2.24) is 4.90 Å². The highest BCUT2D eigenvalue weighted by Gasteiger charge is 2.25. The molecule has 0 radical (unpaired) electrons. The number of halogens is 1. The molecule has 1 fully saturated rings. The molecule has 1 saturated heterocycles.